The number of nitrogens with two attached hydrogens (primary N) is 1. The standard InChI is InChI=1S/C13H13FN6OS/c1-8-16-12(21-19-8)7-22-13-18-17-11(6-15)20(13)10-4-2-9(14)3-5-10/h2-5H,6-7,15H2,1H3. The third-order valence-electron chi connectivity index (χ3n) is 2.86. The lowest BCUT2D eigenvalue weighted by Crippen LogP contribution is -2.07. The summed E-state index contributed by atoms with van der Waals surface area (Å²) in [7, 11) is 0. The fraction of sp³-hybridized carbons (Fsp3) is 0.231. The Morgan fingerprint density at radius 3 is 2.68 bits per heavy atom. The van der Waals surface area contributed by atoms with Crippen molar-refractivity contribution >= 4 is 11.8 Å². The average Bonchev–Trinajstić information content (AvgIpc) is 3.12. The minimum absolute atomic E-state index is 0.227. The number of benzene rings is 1. The van der Waals surface area contributed by atoms with E-state index in [1.807, 2.05) is 0 Å². The Morgan fingerprint density at radius 1 is 1.27 bits per heavy atom. The molecule has 1 aromatic carbocycles. The van der Waals surface area contributed by atoms with Crippen molar-refractivity contribution in [1.29, 1.82) is 0 Å². The molecule has 0 bridgehead atoms. The van der Waals surface area contributed by atoms with Crippen LogP contribution in [0.2, 0.25) is 0 Å². The second-order valence-electron chi connectivity index (χ2n) is 4.44. The van der Waals surface area contributed by atoms with Crippen LogP contribution < -0.4 is 5.73 Å². The van der Waals surface area contributed by atoms with Crippen molar-refractivity contribution in [3.05, 3.63) is 47.6 Å². The molecule has 114 valence electrons. The number of thioether (sulfide) groups is 1. The van der Waals surface area contributed by atoms with Crippen molar-refractivity contribution in [3.8, 4) is 5.69 Å². The summed E-state index contributed by atoms with van der Waals surface area (Å²) in [6, 6.07) is 6.06. The van der Waals surface area contributed by atoms with Crippen LogP contribution in [0, 0.1) is 12.7 Å². The Hall–Kier alpha value is -2.26. The maximum Gasteiger partial charge on any atom is 0.237 e. The van der Waals surface area contributed by atoms with Crippen molar-refractivity contribution in [3.63, 3.8) is 0 Å². The molecule has 7 nitrogen and oxygen atoms in total. The van der Waals surface area contributed by atoms with Crippen LogP contribution in [0.3, 0.4) is 0 Å². The first-order valence-electron chi connectivity index (χ1n) is 6.49. The summed E-state index contributed by atoms with van der Waals surface area (Å²) in [6.07, 6.45) is 0. The molecule has 3 aromatic rings. The lowest BCUT2D eigenvalue weighted by molar-refractivity contribution is 0.387. The van der Waals surface area contributed by atoms with Crippen LogP contribution >= 0.6 is 11.8 Å². The second kappa shape index (κ2) is 6.24. The summed E-state index contributed by atoms with van der Waals surface area (Å²) in [5.41, 5.74) is 6.44. The van der Waals surface area contributed by atoms with Gasteiger partial charge in [-0.1, -0.05) is 16.9 Å². The fourth-order valence-corrected chi connectivity index (χ4v) is 2.71. The molecule has 2 heterocycles. The molecule has 0 aliphatic heterocycles. The zero-order valence-electron chi connectivity index (χ0n) is 11.7. The maximum absolute atomic E-state index is 13.1. The van der Waals surface area contributed by atoms with E-state index in [1.54, 1.807) is 23.6 Å². The molecular formula is C13H13FN6OS. The van der Waals surface area contributed by atoms with Gasteiger partial charge in [-0.15, -0.1) is 10.2 Å². The third kappa shape index (κ3) is 3.00. The van der Waals surface area contributed by atoms with Gasteiger partial charge in [-0.3, -0.25) is 4.57 Å². The number of halogens is 1. The van der Waals surface area contributed by atoms with Gasteiger partial charge in [0.1, 0.15) is 5.82 Å². The van der Waals surface area contributed by atoms with E-state index in [4.69, 9.17) is 10.3 Å². The summed E-state index contributed by atoms with van der Waals surface area (Å²) < 4.78 is 19.9. The van der Waals surface area contributed by atoms with Gasteiger partial charge >= 0.3 is 0 Å². The molecule has 22 heavy (non-hydrogen) atoms. The van der Waals surface area contributed by atoms with Gasteiger partial charge in [-0.2, -0.15) is 4.98 Å². The van der Waals surface area contributed by atoms with Crippen molar-refractivity contribution < 1.29 is 8.91 Å². The molecule has 0 saturated carbocycles. The molecule has 0 amide bonds. The Morgan fingerprint density at radius 2 is 2.05 bits per heavy atom. The first-order valence-corrected chi connectivity index (χ1v) is 7.48. The van der Waals surface area contributed by atoms with Crippen molar-refractivity contribution in [2.75, 3.05) is 0 Å². The predicted molar refractivity (Wildman–Crippen MR) is 77.8 cm³/mol. The molecule has 0 unspecified atom stereocenters. The van der Waals surface area contributed by atoms with Gasteiger partial charge in [0.15, 0.2) is 16.8 Å². The minimum atomic E-state index is -0.304. The maximum atomic E-state index is 13.1. The number of rotatable bonds is 5. The number of nitrogens with zero attached hydrogens (tertiary/aromatic N) is 5. The number of hydrogen-bond acceptors (Lipinski definition) is 7. The summed E-state index contributed by atoms with van der Waals surface area (Å²) >= 11 is 1.39. The topological polar surface area (TPSA) is 95.6 Å². The van der Waals surface area contributed by atoms with E-state index in [9.17, 15) is 4.39 Å². The predicted octanol–water partition coefficient (Wildman–Crippen LogP) is 1.85. The third-order valence-corrected chi connectivity index (χ3v) is 3.78. The summed E-state index contributed by atoms with van der Waals surface area (Å²) in [5.74, 6) is 1.84. The highest BCUT2D eigenvalue weighted by Crippen LogP contribution is 2.24. The Kier molecular flexibility index (Phi) is 4.16. The van der Waals surface area contributed by atoms with Gasteiger partial charge in [0, 0.05) is 5.69 Å². The van der Waals surface area contributed by atoms with E-state index in [2.05, 4.69) is 20.3 Å². The quantitative estimate of drug-likeness (QED) is 0.717. The Bertz CT molecular complexity index is 769. The molecule has 0 fully saturated rings. The van der Waals surface area contributed by atoms with Gasteiger partial charge in [0.2, 0.25) is 5.89 Å². The van der Waals surface area contributed by atoms with Gasteiger partial charge < -0.3 is 10.3 Å². The van der Waals surface area contributed by atoms with Crippen LogP contribution in [0.1, 0.15) is 17.5 Å². The van der Waals surface area contributed by atoms with Gasteiger partial charge in [-0.05, 0) is 31.2 Å². The minimum Gasteiger partial charge on any atom is -0.338 e. The highest BCUT2D eigenvalue weighted by Gasteiger charge is 2.15. The molecule has 0 saturated heterocycles. The van der Waals surface area contributed by atoms with Crippen LogP contribution in [-0.2, 0) is 12.3 Å². The molecule has 0 aliphatic carbocycles. The Labute approximate surface area is 129 Å². The van der Waals surface area contributed by atoms with Crippen molar-refractivity contribution in [2.24, 2.45) is 5.73 Å². The zero-order chi connectivity index (χ0) is 15.5. The number of hydrogen-bond donors (Lipinski definition) is 1. The van der Waals surface area contributed by atoms with E-state index in [0.717, 1.165) is 5.69 Å². The van der Waals surface area contributed by atoms with E-state index in [1.165, 1.54) is 23.9 Å². The summed E-state index contributed by atoms with van der Waals surface area (Å²) in [4.78, 5) is 4.14. The molecule has 0 radical (unpaired) electrons. The van der Waals surface area contributed by atoms with Crippen LogP contribution in [0.15, 0.2) is 33.9 Å². The van der Waals surface area contributed by atoms with E-state index in [-0.39, 0.29) is 12.4 Å². The highest BCUT2D eigenvalue weighted by molar-refractivity contribution is 7.98. The molecule has 0 aliphatic rings. The zero-order valence-corrected chi connectivity index (χ0v) is 12.5. The van der Waals surface area contributed by atoms with Crippen LogP contribution in [0.25, 0.3) is 5.69 Å². The monoisotopic (exact) mass is 320 g/mol. The van der Waals surface area contributed by atoms with Crippen molar-refractivity contribution in [1.82, 2.24) is 24.9 Å². The lowest BCUT2D eigenvalue weighted by Gasteiger charge is -2.08. The molecule has 0 spiro atoms. The van der Waals surface area contributed by atoms with Crippen LogP contribution in [0.5, 0.6) is 0 Å². The van der Waals surface area contributed by atoms with Crippen LogP contribution in [0.4, 0.5) is 4.39 Å². The van der Waals surface area contributed by atoms with E-state index in [0.29, 0.717) is 28.4 Å². The fourth-order valence-electron chi connectivity index (χ4n) is 1.90. The van der Waals surface area contributed by atoms with Crippen LogP contribution in [-0.4, -0.2) is 24.9 Å². The molecular weight excluding hydrogens is 307 g/mol. The number of aryl methyl sites for hydroxylation is 1. The first-order chi connectivity index (χ1) is 10.7. The SMILES string of the molecule is Cc1noc(CSc2nnc(CN)n2-c2ccc(F)cc2)n1. The summed E-state index contributed by atoms with van der Waals surface area (Å²) in [5, 5.41) is 12.5. The Balaban J connectivity index is 1.88. The smallest absolute Gasteiger partial charge is 0.237 e. The normalized spacial score (nSPS) is 11.0. The highest BCUT2D eigenvalue weighted by atomic mass is 32.2. The molecule has 2 N–H and O–H groups in total. The summed E-state index contributed by atoms with van der Waals surface area (Å²) in [6.45, 7) is 1.98. The lowest BCUT2D eigenvalue weighted by atomic mass is 10.3. The molecule has 2 aromatic heterocycles. The van der Waals surface area contributed by atoms with Gasteiger partial charge in [0.25, 0.3) is 0 Å². The largest absolute Gasteiger partial charge is 0.338 e. The second-order valence-corrected chi connectivity index (χ2v) is 5.38. The van der Waals surface area contributed by atoms with Gasteiger partial charge in [0.05, 0.1) is 12.3 Å². The number of aromatic nitrogens is 5. The first kappa shape index (κ1) is 14.7. The molecule has 3 rings (SSSR count). The van der Waals surface area contributed by atoms with Gasteiger partial charge in [-0.25, -0.2) is 4.39 Å². The molecule has 9 heteroatoms. The molecule has 0 atom stereocenters. The average molecular weight is 320 g/mol. The van der Waals surface area contributed by atoms with Crippen molar-refractivity contribution in [2.45, 2.75) is 24.4 Å². The van der Waals surface area contributed by atoms with E-state index >= 15 is 0 Å². The van der Waals surface area contributed by atoms with E-state index < -0.39 is 0 Å².